The van der Waals surface area contributed by atoms with Gasteiger partial charge in [-0.05, 0) is 25.7 Å². The first kappa shape index (κ1) is 7.60. The fourth-order valence-electron chi connectivity index (χ4n) is 2.95. The molecule has 1 saturated heterocycles. The van der Waals surface area contributed by atoms with Gasteiger partial charge in [0.05, 0.1) is 26.2 Å². The van der Waals surface area contributed by atoms with Crippen molar-refractivity contribution in [3.63, 3.8) is 0 Å². The van der Waals surface area contributed by atoms with Crippen LogP contribution in [0.2, 0.25) is 0 Å². The lowest BCUT2D eigenvalue weighted by Gasteiger charge is -2.35. The molecule has 1 heterocycles. The molecule has 0 radical (unpaired) electrons. The summed E-state index contributed by atoms with van der Waals surface area (Å²) >= 11 is 0. The largest absolute Gasteiger partial charge is 0.324 e. The van der Waals surface area contributed by atoms with Crippen LogP contribution < -0.4 is 0 Å². The van der Waals surface area contributed by atoms with E-state index in [0.29, 0.717) is 0 Å². The van der Waals surface area contributed by atoms with Gasteiger partial charge in [-0.25, -0.2) is 0 Å². The third-order valence-electron chi connectivity index (χ3n) is 3.79. The van der Waals surface area contributed by atoms with Crippen molar-refractivity contribution in [2.75, 3.05) is 20.1 Å². The van der Waals surface area contributed by atoms with Crippen LogP contribution in [-0.2, 0) is 0 Å². The average Bonchev–Trinajstić information content (AvgIpc) is 2.55. The molecule has 0 N–H and O–H groups in total. The Bertz CT molecular complexity index is 130. The first-order chi connectivity index (χ1) is 5.31. The maximum atomic E-state index is 2.48. The van der Waals surface area contributed by atoms with E-state index in [1.54, 1.807) is 0 Å². The molecule has 0 aromatic carbocycles. The lowest BCUT2D eigenvalue weighted by atomic mass is 10.2. The van der Waals surface area contributed by atoms with E-state index in [1.807, 2.05) is 0 Å². The fourth-order valence-corrected chi connectivity index (χ4v) is 2.95. The Morgan fingerprint density at radius 2 is 1.45 bits per heavy atom. The Labute approximate surface area is 70.0 Å². The lowest BCUT2D eigenvalue weighted by Crippen LogP contribution is -2.48. The molecule has 64 valence electrons. The minimum absolute atomic E-state index is 1.04. The van der Waals surface area contributed by atoms with Gasteiger partial charge in [-0.3, -0.25) is 0 Å². The van der Waals surface area contributed by atoms with Gasteiger partial charge in [-0.2, -0.15) is 0 Å². The summed E-state index contributed by atoms with van der Waals surface area (Å²) in [5.41, 5.74) is 0. The molecule has 2 rings (SSSR count). The molecule has 0 amide bonds. The van der Waals surface area contributed by atoms with Crippen LogP contribution in [0.4, 0.5) is 0 Å². The summed E-state index contributed by atoms with van der Waals surface area (Å²) < 4.78 is 1.42. The topological polar surface area (TPSA) is 0 Å². The van der Waals surface area contributed by atoms with Crippen LogP contribution in [0.5, 0.6) is 0 Å². The summed E-state index contributed by atoms with van der Waals surface area (Å²) in [5.74, 6) is 0. The van der Waals surface area contributed by atoms with Crippen molar-refractivity contribution in [3.8, 4) is 0 Å². The van der Waals surface area contributed by atoms with E-state index >= 15 is 0 Å². The first-order valence-electron chi connectivity index (χ1n) is 5.15. The summed E-state index contributed by atoms with van der Waals surface area (Å²) in [6, 6.07) is 1.04. The van der Waals surface area contributed by atoms with Crippen molar-refractivity contribution in [3.05, 3.63) is 0 Å². The van der Waals surface area contributed by atoms with Crippen molar-refractivity contribution in [2.24, 2.45) is 0 Å². The monoisotopic (exact) mass is 154 g/mol. The van der Waals surface area contributed by atoms with Crippen molar-refractivity contribution in [1.29, 1.82) is 0 Å². The summed E-state index contributed by atoms with van der Waals surface area (Å²) in [7, 11) is 2.48. The summed E-state index contributed by atoms with van der Waals surface area (Å²) in [5, 5.41) is 0. The zero-order valence-electron chi connectivity index (χ0n) is 7.68. The Morgan fingerprint density at radius 1 is 0.909 bits per heavy atom. The number of nitrogens with zero attached hydrogens (tertiary/aromatic N) is 1. The maximum absolute atomic E-state index is 2.48. The molecule has 1 aliphatic carbocycles. The SMILES string of the molecule is C[N+]1(C2CCCC2)CCCC1. The molecule has 11 heavy (non-hydrogen) atoms. The van der Waals surface area contributed by atoms with Crippen LogP contribution in [0, 0.1) is 0 Å². The van der Waals surface area contributed by atoms with Gasteiger partial charge in [-0.1, -0.05) is 0 Å². The maximum Gasteiger partial charge on any atom is 0.0888 e. The molecule has 1 nitrogen and oxygen atoms in total. The van der Waals surface area contributed by atoms with Crippen molar-refractivity contribution >= 4 is 0 Å². The third-order valence-corrected chi connectivity index (χ3v) is 3.79. The second-order valence-electron chi connectivity index (χ2n) is 4.57. The molecular weight excluding hydrogens is 134 g/mol. The molecule has 0 spiro atoms. The van der Waals surface area contributed by atoms with Crippen LogP contribution in [0.25, 0.3) is 0 Å². The number of quaternary nitrogens is 1. The molecule has 0 bridgehead atoms. The summed E-state index contributed by atoms with van der Waals surface area (Å²) in [6.07, 6.45) is 8.98. The van der Waals surface area contributed by atoms with E-state index in [9.17, 15) is 0 Å². The van der Waals surface area contributed by atoms with Crippen LogP contribution in [0.3, 0.4) is 0 Å². The van der Waals surface area contributed by atoms with Crippen molar-refractivity contribution in [1.82, 2.24) is 0 Å². The quantitative estimate of drug-likeness (QED) is 0.508. The van der Waals surface area contributed by atoms with Gasteiger partial charge < -0.3 is 4.48 Å². The number of hydrogen-bond acceptors (Lipinski definition) is 0. The summed E-state index contributed by atoms with van der Waals surface area (Å²) in [6.45, 7) is 2.93. The molecular formula is C10H20N+. The smallest absolute Gasteiger partial charge is 0.0888 e. The minimum atomic E-state index is 1.04. The van der Waals surface area contributed by atoms with Crippen LogP contribution in [0.1, 0.15) is 38.5 Å². The molecule has 0 aromatic heterocycles. The molecule has 0 aromatic rings. The van der Waals surface area contributed by atoms with Crippen LogP contribution in [-0.4, -0.2) is 30.7 Å². The van der Waals surface area contributed by atoms with Crippen LogP contribution >= 0.6 is 0 Å². The highest BCUT2D eigenvalue weighted by Gasteiger charge is 2.36. The average molecular weight is 154 g/mol. The third kappa shape index (κ3) is 1.31. The molecule has 2 aliphatic rings. The Balaban J connectivity index is 2.00. The number of hydrogen-bond donors (Lipinski definition) is 0. The predicted molar refractivity (Wildman–Crippen MR) is 47.4 cm³/mol. The standard InChI is InChI=1S/C10H20N/c1-11(8-4-5-9-11)10-6-2-3-7-10/h10H,2-9H2,1H3/q+1. The molecule has 0 atom stereocenters. The minimum Gasteiger partial charge on any atom is -0.324 e. The zero-order valence-corrected chi connectivity index (χ0v) is 7.68. The number of likely N-dealkylation sites (tertiary alicyclic amines) is 1. The van der Waals surface area contributed by atoms with E-state index in [0.717, 1.165) is 6.04 Å². The first-order valence-corrected chi connectivity index (χ1v) is 5.15. The highest BCUT2D eigenvalue weighted by molar-refractivity contribution is 4.70. The van der Waals surface area contributed by atoms with Gasteiger partial charge in [0.1, 0.15) is 0 Å². The Kier molecular flexibility index (Phi) is 1.92. The van der Waals surface area contributed by atoms with Gasteiger partial charge in [-0.15, -0.1) is 0 Å². The highest BCUT2D eigenvalue weighted by atomic mass is 15.4. The molecule has 1 heteroatoms. The highest BCUT2D eigenvalue weighted by Crippen LogP contribution is 2.31. The molecule has 2 fully saturated rings. The van der Waals surface area contributed by atoms with Gasteiger partial charge in [0.2, 0.25) is 0 Å². The van der Waals surface area contributed by atoms with E-state index in [4.69, 9.17) is 0 Å². The van der Waals surface area contributed by atoms with Gasteiger partial charge >= 0.3 is 0 Å². The van der Waals surface area contributed by atoms with E-state index in [-0.39, 0.29) is 0 Å². The predicted octanol–water partition coefficient (Wildman–Crippen LogP) is 2.17. The van der Waals surface area contributed by atoms with Gasteiger partial charge in [0.15, 0.2) is 0 Å². The van der Waals surface area contributed by atoms with E-state index in [2.05, 4.69) is 7.05 Å². The number of rotatable bonds is 1. The van der Waals surface area contributed by atoms with Gasteiger partial charge in [0.25, 0.3) is 0 Å². The second kappa shape index (κ2) is 2.78. The van der Waals surface area contributed by atoms with Gasteiger partial charge in [0, 0.05) is 12.8 Å². The Morgan fingerprint density at radius 3 is 2.00 bits per heavy atom. The molecule has 1 aliphatic heterocycles. The van der Waals surface area contributed by atoms with Crippen LogP contribution in [0.15, 0.2) is 0 Å². The summed E-state index contributed by atoms with van der Waals surface area (Å²) in [4.78, 5) is 0. The zero-order chi connectivity index (χ0) is 7.73. The molecule has 0 unspecified atom stereocenters. The van der Waals surface area contributed by atoms with Crippen molar-refractivity contribution < 1.29 is 4.48 Å². The van der Waals surface area contributed by atoms with Crippen molar-refractivity contribution in [2.45, 2.75) is 44.6 Å². The normalized spacial score (nSPS) is 31.4. The lowest BCUT2D eigenvalue weighted by molar-refractivity contribution is -0.921. The Hall–Kier alpha value is -0.0400. The molecule has 1 saturated carbocycles. The van der Waals surface area contributed by atoms with E-state index in [1.165, 1.54) is 56.1 Å². The fraction of sp³-hybridized carbons (Fsp3) is 1.00. The second-order valence-corrected chi connectivity index (χ2v) is 4.57. The van der Waals surface area contributed by atoms with E-state index < -0.39 is 0 Å².